The molecule has 1 unspecified atom stereocenters. The number of hydrogen-bond acceptors (Lipinski definition) is 3. The molecule has 2 aliphatic rings. The third-order valence-corrected chi connectivity index (χ3v) is 4.91. The molecule has 1 aromatic carbocycles. The lowest BCUT2D eigenvalue weighted by Crippen LogP contribution is -2.35. The minimum Gasteiger partial charge on any atom is -0.385 e. The monoisotopic (exact) mass is 287 g/mol. The normalized spacial score (nSPS) is 24.0. The number of nitrogens with one attached hydrogen (secondary N) is 1. The summed E-state index contributed by atoms with van der Waals surface area (Å²) >= 11 is 0. The van der Waals surface area contributed by atoms with Crippen LogP contribution in [0.4, 0.5) is 11.4 Å². The molecule has 1 atom stereocenters. The minimum atomic E-state index is 0.797. The van der Waals surface area contributed by atoms with Crippen molar-refractivity contribution in [3.63, 3.8) is 0 Å². The number of rotatable bonds is 4. The van der Waals surface area contributed by atoms with Crippen molar-refractivity contribution in [2.45, 2.75) is 32.1 Å². The second-order valence-corrected chi connectivity index (χ2v) is 6.75. The van der Waals surface area contributed by atoms with Gasteiger partial charge in [-0.15, -0.1) is 0 Å². The Hall–Kier alpha value is -1.22. The predicted octanol–water partition coefficient (Wildman–Crippen LogP) is 3.43. The Morgan fingerprint density at radius 3 is 2.48 bits per heavy atom. The van der Waals surface area contributed by atoms with Crippen molar-refractivity contribution in [1.82, 2.24) is 4.90 Å². The fourth-order valence-electron chi connectivity index (χ4n) is 3.64. The predicted molar refractivity (Wildman–Crippen MR) is 91.2 cm³/mol. The van der Waals surface area contributed by atoms with Gasteiger partial charge in [-0.3, -0.25) is 0 Å². The van der Waals surface area contributed by atoms with Crippen molar-refractivity contribution in [1.29, 1.82) is 0 Å². The smallest absolute Gasteiger partial charge is 0.0367 e. The van der Waals surface area contributed by atoms with Gasteiger partial charge in [-0.2, -0.15) is 0 Å². The van der Waals surface area contributed by atoms with Crippen LogP contribution in [0.2, 0.25) is 0 Å². The van der Waals surface area contributed by atoms with Crippen LogP contribution < -0.4 is 10.2 Å². The summed E-state index contributed by atoms with van der Waals surface area (Å²) in [6, 6.07) is 9.05. The quantitative estimate of drug-likeness (QED) is 0.915. The molecule has 2 fully saturated rings. The minimum absolute atomic E-state index is 0.797. The zero-order valence-corrected chi connectivity index (χ0v) is 13.4. The molecule has 0 bridgehead atoms. The van der Waals surface area contributed by atoms with E-state index in [1.807, 2.05) is 0 Å². The summed E-state index contributed by atoms with van der Waals surface area (Å²) in [7, 11) is 2.24. The van der Waals surface area contributed by atoms with Crippen LogP contribution in [0.1, 0.15) is 32.1 Å². The van der Waals surface area contributed by atoms with E-state index in [1.54, 1.807) is 0 Å². The van der Waals surface area contributed by atoms with E-state index < -0.39 is 0 Å². The summed E-state index contributed by atoms with van der Waals surface area (Å²) in [6.45, 7) is 6.05. The molecule has 3 rings (SSSR count). The van der Waals surface area contributed by atoms with Gasteiger partial charge < -0.3 is 15.1 Å². The lowest BCUT2D eigenvalue weighted by molar-refractivity contribution is 0.217. The van der Waals surface area contributed by atoms with Gasteiger partial charge in [0.15, 0.2) is 0 Å². The topological polar surface area (TPSA) is 18.5 Å². The first-order valence-corrected chi connectivity index (χ1v) is 8.59. The van der Waals surface area contributed by atoms with Crippen molar-refractivity contribution >= 4 is 11.4 Å². The first-order chi connectivity index (χ1) is 10.3. The van der Waals surface area contributed by atoms with E-state index in [4.69, 9.17) is 0 Å². The number of nitrogens with zero attached hydrogens (tertiary/aromatic N) is 2. The van der Waals surface area contributed by atoms with Gasteiger partial charge in [-0.05, 0) is 75.9 Å². The zero-order chi connectivity index (χ0) is 14.5. The van der Waals surface area contributed by atoms with E-state index in [9.17, 15) is 0 Å². The van der Waals surface area contributed by atoms with Gasteiger partial charge >= 0.3 is 0 Å². The highest BCUT2D eigenvalue weighted by Gasteiger charge is 2.16. The van der Waals surface area contributed by atoms with Crippen LogP contribution in [0, 0.1) is 5.92 Å². The summed E-state index contributed by atoms with van der Waals surface area (Å²) < 4.78 is 0. The average Bonchev–Trinajstić information content (AvgIpc) is 2.54. The SMILES string of the molecule is CN1CCCC(CNc2ccc(N3CCCCC3)cc2)C1. The van der Waals surface area contributed by atoms with Gasteiger partial charge in [0, 0.05) is 37.6 Å². The molecule has 0 radical (unpaired) electrons. The molecule has 21 heavy (non-hydrogen) atoms. The highest BCUT2D eigenvalue weighted by atomic mass is 15.1. The van der Waals surface area contributed by atoms with Crippen molar-refractivity contribution in [3.05, 3.63) is 24.3 Å². The molecule has 3 heteroatoms. The highest BCUT2D eigenvalue weighted by molar-refractivity contribution is 5.55. The highest BCUT2D eigenvalue weighted by Crippen LogP contribution is 2.22. The van der Waals surface area contributed by atoms with E-state index in [0.717, 1.165) is 12.5 Å². The standard InChI is InChI=1S/C18H29N3/c1-20-11-5-6-16(15-20)14-19-17-7-9-18(10-8-17)21-12-3-2-4-13-21/h7-10,16,19H,2-6,11-15H2,1H3. The third kappa shape index (κ3) is 4.13. The fraction of sp³-hybridized carbons (Fsp3) is 0.667. The zero-order valence-electron chi connectivity index (χ0n) is 13.4. The number of benzene rings is 1. The van der Waals surface area contributed by atoms with Crippen LogP contribution in [-0.2, 0) is 0 Å². The number of likely N-dealkylation sites (tertiary alicyclic amines) is 1. The summed E-state index contributed by atoms with van der Waals surface area (Å²) in [4.78, 5) is 4.97. The summed E-state index contributed by atoms with van der Waals surface area (Å²) in [5.41, 5.74) is 2.65. The molecule has 0 aromatic heterocycles. The van der Waals surface area contributed by atoms with Crippen LogP contribution in [0.3, 0.4) is 0 Å². The molecular weight excluding hydrogens is 258 g/mol. The van der Waals surface area contributed by atoms with Crippen LogP contribution in [0.25, 0.3) is 0 Å². The Balaban J connectivity index is 1.49. The van der Waals surface area contributed by atoms with Crippen molar-refractivity contribution in [2.75, 3.05) is 50.0 Å². The molecule has 1 N–H and O–H groups in total. The number of anilines is 2. The van der Waals surface area contributed by atoms with Crippen molar-refractivity contribution in [2.24, 2.45) is 5.92 Å². The second kappa shape index (κ2) is 7.17. The Kier molecular flexibility index (Phi) is 5.02. The molecule has 116 valence electrons. The molecule has 0 aliphatic carbocycles. The van der Waals surface area contributed by atoms with Gasteiger partial charge in [0.2, 0.25) is 0 Å². The lowest BCUT2D eigenvalue weighted by atomic mass is 9.98. The maximum absolute atomic E-state index is 3.62. The number of hydrogen-bond donors (Lipinski definition) is 1. The Morgan fingerprint density at radius 1 is 1.00 bits per heavy atom. The molecule has 0 amide bonds. The first kappa shape index (κ1) is 14.7. The van der Waals surface area contributed by atoms with Crippen molar-refractivity contribution < 1.29 is 0 Å². The second-order valence-electron chi connectivity index (χ2n) is 6.75. The molecular formula is C18H29N3. The summed E-state index contributed by atoms with van der Waals surface area (Å²) in [5.74, 6) is 0.797. The van der Waals surface area contributed by atoms with E-state index in [0.29, 0.717) is 0 Å². The number of piperidine rings is 2. The van der Waals surface area contributed by atoms with Crippen LogP contribution in [0.5, 0.6) is 0 Å². The maximum atomic E-state index is 3.62. The van der Waals surface area contributed by atoms with Gasteiger partial charge in [0.05, 0.1) is 0 Å². The molecule has 0 spiro atoms. The van der Waals surface area contributed by atoms with Gasteiger partial charge in [0.25, 0.3) is 0 Å². The van der Waals surface area contributed by atoms with E-state index in [-0.39, 0.29) is 0 Å². The van der Waals surface area contributed by atoms with Crippen LogP contribution in [0.15, 0.2) is 24.3 Å². The summed E-state index contributed by atoms with van der Waals surface area (Å²) in [5, 5.41) is 3.62. The van der Waals surface area contributed by atoms with Crippen molar-refractivity contribution in [3.8, 4) is 0 Å². The lowest BCUT2D eigenvalue weighted by Gasteiger charge is -2.30. The van der Waals surface area contributed by atoms with E-state index in [2.05, 4.69) is 46.4 Å². The largest absolute Gasteiger partial charge is 0.385 e. The Morgan fingerprint density at radius 2 is 1.76 bits per heavy atom. The van der Waals surface area contributed by atoms with Crippen LogP contribution in [-0.4, -0.2) is 44.7 Å². The molecule has 1 aromatic rings. The first-order valence-electron chi connectivity index (χ1n) is 8.59. The third-order valence-electron chi connectivity index (χ3n) is 4.91. The van der Waals surface area contributed by atoms with E-state index >= 15 is 0 Å². The summed E-state index contributed by atoms with van der Waals surface area (Å²) in [6.07, 6.45) is 6.79. The van der Waals surface area contributed by atoms with Gasteiger partial charge in [-0.1, -0.05) is 0 Å². The van der Waals surface area contributed by atoms with Gasteiger partial charge in [0.1, 0.15) is 0 Å². The molecule has 3 nitrogen and oxygen atoms in total. The molecule has 2 saturated heterocycles. The van der Waals surface area contributed by atoms with E-state index in [1.165, 1.54) is 69.7 Å². The average molecular weight is 287 g/mol. The Labute approximate surface area is 129 Å². The molecule has 0 saturated carbocycles. The molecule has 2 aliphatic heterocycles. The fourth-order valence-corrected chi connectivity index (χ4v) is 3.64. The van der Waals surface area contributed by atoms with Crippen LogP contribution >= 0.6 is 0 Å². The Bertz CT molecular complexity index is 423. The maximum Gasteiger partial charge on any atom is 0.0367 e. The molecule has 2 heterocycles. The van der Waals surface area contributed by atoms with Gasteiger partial charge in [-0.25, -0.2) is 0 Å².